The van der Waals surface area contributed by atoms with Gasteiger partial charge in [-0.25, -0.2) is 0 Å². The van der Waals surface area contributed by atoms with Crippen LogP contribution in [-0.2, 0) is 0 Å². The Morgan fingerprint density at radius 3 is 2.32 bits per heavy atom. The molecular weight excluding hydrogens is 638 g/mol. The van der Waals surface area contributed by atoms with Gasteiger partial charge < -0.3 is 9.97 Å². The number of nitrogens with one attached hydrogen (secondary N) is 2. The third kappa shape index (κ3) is 3.88. The monoisotopic (exact) mass is 653 g/mol. The van der Waals surface area contributed by atoms with E-state index < -0.39 is 0 Å². The molecule has 0 spiro atoms. The van der Waals surface area contributed by atoms with Gasteiger partial charge in [0.15, 0.2) is 0 Å². The molecule has 168 valence electrons. The molecule has 2 aliphatic heterocycles. The molecule has 34 heavy (non-hydrogen) atoms. The van der Waals surface area contributed by atoms with Crippen molar-refractivity contribution in [2.24, 2.45) is 4.99 Å². The lowest BCUT2D eigenvalue weighted by Crippen LogP contribution is -2.16. The molecular formula is C27H18Br3N3S. The highest BCUT2D eigenvalue weighted by molar-refractivity contribution is 9.15. The number of aromatic nitrogens is 2. The average Bonchev–Trinajstić information content (AvgIpc) is 3.65. The number of H-pyrrole nitrogens is 2. The molecule has 0 radical (unpaired) electrons. The summed E-state index contributed by atoms with van der Waals surface area (Å²) in [5, 5.41) is 2.01. The Morgan fingerprint density at radius 1 is 0.765 bits per heavy atom. The number of hydrogen-bond acceptors (Lipinski definition) is 2. The summed E-state index contributed by atoms with van der Waals surface area (Å²) >= 11 is 13.2. The molecule has 7 heteroatoms. The van der Waals surface area contributed by atoms with Crippen molar-refractivity contribution in [2.45, 2.75) is 13.0 Å². The van der Waals surface area contributed by atoms with Crippen LogP contribution in [0.1, 0.15) is 22.5 Å². The predicted octanol–water partition coefficient (Wildman–Crippen LogP) is 4.91. The van der Waals surface area contributed by atoms with Crippen molar-refractivity contribution in [3.63, 3.8) is 0 Å². The molecule has 4 aromatic rings. The molecule has 0 amide bonds. The number of nitrogens with zero attached hydrogens (tertiary/aromatic N) is 1. The molecule has 1 unspecified atom stereocenters. The van der Waals surface area contributed by atoms with Crippen LogP contribution >= 0.6 is 59.1 Å². The summed E-state index contributed by atoms with van der Waals surface area (Å²) < 4.78 is 5.34. The summed E-state index contributed by atoms with van der Waals surface area (Å²) in [4.78, 5) is 12.1. The second kappa shape index (κ2) is 8.79. The van der Waals surface area contributed by atoms with Gasteiger partial charge in [-0.05, 0) is 86.8 Å². The SMILES string of the molecule is Cc1ccc(C2=c3ccc(s3)=C(Br)C3=NC(C=C3)/C(Br)=c3/cc/c([nH]3)=C(\Br)c3ccc2[nH]3)cc1. The largest absolute Gasteiger partial charge is 0.354 e. The van der Waals surface area contributed by atoms with Crippen LogP contribution < -0.4 is 19.8 Å². The molecule has 2 aliphatic rings. The first-order valence-electron chi connectivity index (χ1n) is 10.8. The van der Waals surface area contributed by atoms with Crippen molar-refractivity contribution in [1.29, 1.82) is 0 Å². The maximum Gasteiger partial charge on any atom is 0.103 e. The van der Waals surface area contributed by atoms with E-state index in [-0.39, 0.29) is 6.04 Å². The second-order valence-electron chi connectivity index (χ2n) is 8.27. The van der Waals surface area contributed by atoms with E-state index in [4.69, 9.17) is 4.99 Å². The number of fused-ring (bicyclic) bond motifs is 7. The zero-order chi connectivity index (χ0) is 23.4. The normalized spacial score (nSPS) is 20.7. The number of aromatic amines is 2. The Labute approximate surface area is 225 Å². The number of benzene rings is 1. The Balaban J connectivity index is 1.71. The van der Waals surface area contributed by atoms with Gasteiger partial charge in [-0.2, -0.15) is 0 Å². The third-order valence-electron chi connectivity index (χ3n) is 5.98. The van der Waals surface area contributed by atoms with E-state index in [1.54, 1.807) is 11.3 Å². The standard InChI is InChI=1S/C27H18Br3N3S/c1-14-2-4-15(5-3-14)24-16-6-7-17(31-16)25(28)18-8-9-19(32-18)26(29)20-10-11-21(33-20)27(30)23-13-12-22(24)34-23/h2-13,20,31-32H,1H3/b24-22?,25-18+,26-19+,27-23?. The Hall–Kier alpha value is -2.19. The maximum absolute atomic E-state index is 4.96. The molecule has 0 aliphatic carbocycles. The number of halogens is 3. The first kappa shape index (κ1) is 22.3. The van der Waals surface area contributed by atoms with Crippen molar-refractivity contribution in [2.75, 3.05) is 0 Å². The average molecular weight is 656 g/mol. The molecule has 2 N–H and O–H groups in total. The summed E-state index contributed by atoms with van der Waals surface area (Å²) in [6.07, 6.45) is 4.20. The second-order valence-corrected chi connectivity index (χ2v) is 11.8. The van der Waals surface area contributed by atoms with Crippen molar-refractivity contribution < 1.29 is 0 Å². The zero-order valence-corrected chi connectivity index (χ0v) is 23.6. The van der Waals surface area contributed by atoms with Gasteiger partial charge in [-0.1, -0.05) is 51.8 Å². The first-order valence-corrected chi connectivity index (χ1v) is 13.9. The van der Waals surface area contributed by atoms with Crippen LogP contribution in [0.4, 0.5) is 0 Å². The fourth-order valence-corrected chi connectivity index (χ4v) is 6.78. The van der Waals surface area contributed by atoms with Crippen LogP contribution in [0.25, 0.3) is 19.0 Å². The topological polar surface area (TPSA) is 43.9 Å². The van der Waals surface area contributed by atoms with Gasteiger partial charge in [-0.3, -0.25) is 4.99 Å². The van der Waals surface area contributed by atoms with Gasteiger partial charge in [0, 0.05) is 24.8 Å². The lowest BCUT2D eigenvalue weighted by Gasteiger charge is -2.07. The predicted molar refractivity (Wildman–Crippen MR) is 154 cm³/mol. The van der Waals surface area contributed by atoms with E-state index in [9.17, 15) is 0 Å². The van der Waals surface area contributed by atoms with Crippen molar-refractivity contribution >= 4 is 83.9 Å². The maximum atomic E-state index is 4.96. The Kier molecular flexibility index (Phi) is 5.76. The van der Waals surface area contributed by atoms with Gasteiger partial charge in [0.25, 0.3) is 0 Å². The highest BCUT2D eigenvalue weighted by Crippen LogP contribution is 2.26. The van der Waals surface area contributed by atoms with Crippen LogP contribution in [0.2, 0.25) is 0 Å². The molecule has 5 heterocycles. The van der Waals surface area contributed by atoms with Gasteiger partial charge in [0.05, 0.1) is 31.1 Å². The number of thiophene rings is 1. The van der Waals surface area contributed by atoms with Crippen molar-refractivity contribution in [3.05, 3.63) is 115 Å². The fourth-order valence-electron chi connectivity index (χ4n) is 4.19. The summed E-state index contributed by atoms with van der Waals surface area (Å²) in [5.74, 6) is 0. The van der Waals surface area contributed by atoms with Crippen LogP contribution in [-0.4, -0.2) is 21.7 Å². The first-order chi connectivity index (χ1) is 16.5. The van der Waals surface area contributed by atoms with Gasteiger partial charge in [0.2, 0.25) is 0 Å². The minimum absolute atomic E-state index is 0.0630. The van der Waals surface area contributed by atoms with Gasteiger partial charge in [0.1, 0.15) is 6.04 Å². The Bertz CT molecular complexity index is 1750. The summed E-state index contributed by atoms with van der Waals surface area (Å²) in [5.41, 5.74) is 6.64. The number of rotatable bonds is 1. The molecule has 0 fully saturated rings. The minimum atomic E-state index is -0.0630. The summed E-state index contributed by atoms with van der Waals surface area (Å²) in [7, 11) is 0. The molecule has 0 saturated heterocycles. The van der Waals surface area contributed by atoms with Gasteiger partial charge in [-0.15, -0.1) is 11.3 Å². The summed E-state index contributed by atoms with van der Waals surface area (Å²) in [6, 6.07) is 21.5. The molecule has 3 aromatic heterocycles. The van der Waals surface area contributed by atoms with Gasteiger partial charge >= 0.3 is 0 Å². The molecule has 0 saturated carbocycles. The van der Waals surface area contributed by atoms with Crippen LogP contribution in [0.15, 0.2) is 77.8 Å². The van der Waals surface area contributed by atoms with E-state index in [1.165, 1.54) is 21.2 Å². The Morgan fingerprint density at radius 2 is 1.50 bits per heavy atom. The quantitative estimate of drug-likeness (QED) is 0.293. The zero-order valence-electron chi connectivity index (χ0n) is 18.0. The number of aliphatic imine (C=N–C) groups is 1. The van der Waals surface area contributed by atoms with Crippen LogP contribution in [0.5, 0.6) is 0 Å². The lowest BCUT2D eigenvalue weighted by atomic mass is 10.0. The van der Waals surface area contributed by atoms with E-state index in [0.29, 0.717) is 0 Å². The molecule has 3 nitrogen and oxygen atoms in total. The highest BCUT2D eigenvalue weighted by atomic mass is 79.9. The van der Waals surface area contributed by atoms with Crippen LogP contribution in [0.3, 0.4) is 0 Å². The lowest BCUT2D eigenvalue weighted by molar-refractivity contribution is 1.08. The third-order valence-corrected chi connectivity index (χ3v) is 9.95. The fraction of sp³-hybridized carbons (Fsp3) is 0.0741. The minimum Gasteiger partial charge on any atom is -0.354 e. The molecule has 8 bridgehead atoms. The van der Waals surface area contributed by atoms with Crippen molar-refractivity contribution in [3.8, 4) is 0 Å². The highest BCUT2D eigenvalue weighted by Gasteiger charge is 2.18. The van der Waals surface area contributed by atoms with Crippen LogP contribution in [0, 0.1) is 6.92 Å². The van der Waals surface area contributed by atoms with E-state index in [2.05, 4.69) is 137 Å². The molecule has 1 aromatic carbocycles. The summed E-state index contributed by atoms with van der Waals surface area (Å²) in [6.45, 7) is 2.12. The number of allylic oxidation sites excluding steroid dienone is 1. The molecule has 1 atom stereocenters. The number of aryl methyl sites for hydroxylation is 1. The number of hydrogen-bond donors (Lipinski definition) is 2. The molecule has 6 rings (SSSR count). The van der Waals surface area contributed by atoms with E-state index in [0.717, 1.165) is 45.8 Å². The smallest absolute Gasteiger partial charge is 0.103 e. The van der Waals surface area contributed by atoms with Crippen molar-refractivity contribution in [1.82, 2.24) is 9.97 Å². The van der Waals surface area contributed by atoms with E-state index in [1.807, 2.05) is 0 Å². The van der Waals surface area contributed by atoms with E-state index >= 15 is 0 Å².